The van der Waals surface area contributed by atoms with E-state index in [-0.39, 0.29) is 17.9 Å². The minimum absolute atomic E-state index is 0.00757. The molecule has 6 nitrogen and oxygen atoms in total. The Bertz CT molecular complexity index is 836. The number of nitrogens with one attached hydrogen (secondary N) is 2. The van der Waals surface area contributed by atoms with E-state index in [0.29, 0.717) is 16.8 Å². The monoisotopic (exact) mass is 368 g/mol. The molecule has 0 saturated carbocycles. The minimum atomic E-state index is -0.488. The number of hydrogen-bond acceptors (Lipinski definition) is 4. The van der Waals surface area contributed by atoms with Gasteiger partial charge in [-0.05, 0) is 41.3 Å². The van der Waals surface area contributed by atoms with Crippen LogP contribution in [0.5, 0.6) is 0 Å². The highest BCUT2D eigenvalue weighted by atomic mass is 16.5. The fourth-order valence-corrected chi connectivity index (χ4v) is 2.43. The number of benzene rings is 2. The Balaban J connectivity index is 1.92. The van der Waals surface area contributed by atoms with Crippen LogP contribution in [0.4, 0.5) is 5.69 Å². The predicted molar refractivity (Wildman–Crippen MR) is 104 cm³/mol. The maximum Gasteiger partial charge on any atom is 0.337 e. The second kappa shape index (κ2) is 8.49. The maximum absolute atomic E-state index is 12.2. The summed E-state index contributed by atoms with van der Waals surface area (Å²) >= 11 is 0. The van der Waals surface area contributed by atoms with Crippen LogP contribution in [0.15, 0.2) is 48.5 Å². The number of carbonyl (C=O) groups is 3. The van der Waals surface area contributed by atoms with Crippen molar-refractivity contribution in [3.63, 3.8) is 0 Å². The van der Waals surface area contributed by atoms with Crippen molar-refractivity contribution in [1.29, 1.82) is 0 Å². The smallest absolute Gasteiger partial charge is 0.337 e. The van der Waals surface area contributed by atoms with Crippen LogP contribution >= 0.6 is 0 Å². The van der Waals surface area contributed by atoms with Crippen LogP contribution in [0.1, 0.15) is 47.1 Å². The molecule has 0 atom stereocenters. The average molecular weight is 368 g/mol. The van der Waals surface area contributed by atoms with Crippen molar-refractivity contribution < 1.29 is 19.1 Å². The molecule has 2 amide bonds. The Labute approximate surface area is 158 Å². The first-order valence-corrected chi connectivity index (χ1v) is 8.57. The van der Waals surface area contributed by atoms with Crippen molar-refractivity contribution in [2.75, 3.05) is 19.0 Å². The number of carbonyl (C=O) groups excluding carboxylic acids is 3. The maximum atomic E-state index is 12.2. The summed E-state index contributed by atoms with van der Waals surface area (Å²) in [5.74, 6) is -1.20. The Morgan fingerprint density at radius 2 is 1.63 bits per heavy atom. The van der Waals surface area contributed by atoms with E-state index in [1.165, 1.54) is 13.2 Å². The molecule has 0 saturated heterocycles. The fraction of sp³-hybridized carbons (Fsp3) is 0.286. The molecule has 0 bridgehead atoms. The molecule has 0 aliphatic rings. The summed E-state index contributed by atoms with van der Waals surface area (Å²) in [6, 6.07) is 13.7. The number of hydrogen-bond donors (Lipinski definition) is 2. The van der Waals surface area contributed by atoms with E-state index in [1.807, 2.05) is 12.1 Å². The number of esters is 1. The van der Waals surface area contributed by atoms with Gasteiger partial charge in [0.15, 0.2) is 0 Å². The molecule has 2 aromatic rings. The number of anilines is 1. The van der Waals surface area contributed by atoms with Gasteiger partial charge >= 0.3 is 5.97 Å². The topological polar surface area (TPSA) is 84.5 Å². The molecule has 27 heavy (non-hydrogen) atoms. The van der Waals surface area contributed by atoms with Gasteiger partial charge in [-0.2, -0.15) is 0 Å². The van der Waals surface area contributed by atoms with Crippen LogP contribution in [-0.4, -0.2) is 31.4 Å². The summed E-state index contributed by atoms with van der Waals surface area (Å²) in [7, 11) is 1.29. The van der Waals surface area contributed by atoms with Crippen LogP contribution in [-0.2, 0) is 14.9 Å². The van der Waals surface area contributed by atoms with Gasteiger partial charge in [0.1, 0.15) is 0 Å². The second-order valence-electron chi connectivity index (χ2n) is 7.13. The van der Waals surface area contributed by atoms with E-state index in [1.54, 1.807) is 30.3 Å². The van der Waals surface area contributed by atoms with E-state index in [2.05, 4.69) is 36.1 Å². The molecule has 0 radical (unpaired) electrons. The number of methoxy groups -OCH3 is 1. The van der Waals surface area contributed by atoms with E-state index in [4.69, 9.17) is 0 Å². The van der Waals surface area contributed by atoms with Crippen molar-refractivity contribution in [2.24, 2.45) is 0 Å². The van der Waals surface area contributed by atoms with Crippen molar-refractivity contribution in [3.8, 4) is 0 Å². The van der Waals surface area contributed by atoms with E-state index in [0.717, 1.165) is 5.56 Å². The predicted octanol–water partition coefficient (Wildman–Crippen LogP) is 3.14. The lowest BCUT2D eigenvalue weighted by molar-refractivity contribution is -0.115. The lowest BCUT2D eigenvalue weighted by atomic mass is 9.87. The standard InChI is InChI=1S/C21H24N2O4/c1-21(2,3)16-10-8-14(9-11-16)19(25)22-13-18(24)23-17-7-5-6-15(12-17)20(26)27-4/h5-12H,13H2,1-4H3,(H,22,25)(H,23,24). The van der Waals surface area contributed by atoms with Crippen molar-refractivity contribution in [3.05, 3.63) is 65.2 Å². The third kappa shape index (κ3) is 5.67. The third-order valence-corrected chi connectivity index (χ3v) is 3.99. The zero-order chi connectivity index (χ0) is 20.0. The van der Waals surface area contributed by atoms with Gasteiger partial charge in [-0.25, -0.2) is 4.79 Å². The van der Waals surface area contributed by atoms with Gasteiger partial charge in [0, 0.05) is 11.3 Å². The van der Waals surface area contributed by atoms with E-state index >= 15 is 0 Å². The highest BCUT2D eigenvalue weighted by molar-refractivity contribution is 6.00. The summed E-state index contributed by atoms with van der Waals surface area (Å²) in [6.45, 7) is 6.12. The molecule has 0 unspecified atom stereocenters. The van der Waals surface area contributed by atoms with Crippen LogP contribution in [0, 0.1) is 0 Å². The zero-order valence-electron chi connectivity index (χ0n) is 16.0. The normalized spacial score (nSPS) is 10.8. The van der Waals surface area contributed by atoms with Gasteiger partial charge in [-0.1, -0.05) is 39.0 Å². The highest BCUT2D eigenvalue weighted by Crippen LogP contribution is 2.22. The van der Waals surface area contributed by atoms with Crippen molar-refractivity contribution in [1.82, 2.24) is 5.32 Å². The molecular weight excluding hydrogens is 344 g/mol. The molecule has 142 valence electrons. The summed E-state index contributed by atoms with van der Waals surface area (Å²) < 4.78 is 4.64. The molecule has 6 heteroatoms. The summed E-state index contributed by atoms with van der Waals surface area (Å²) in [4.78, 5) is 35.8. The fourth-order valence-electron chi connectivity index (χ4n) is 2.43. The van der Waals surface area contributed by atoms with Crippen molar-refractivity contribution in [2.45, 2.75) is 26.2 Å². The quantitative estimate of drug-likeness (QED) is 0.794. The molecule has 0 fully saturated rings. The summed E-state index contributed by atoms with van der Waals surface area (Å²) in [6.07, 6.45) is 0. The van der Waals surface area contributed by atoms with Crippen LogP contribution in [0.2, 0.25) is 0 Å². The number of amides is 2. The molecule has 0 aliphatic heterocycles. The molecule has 0 aromatic heterocycles. The van der Waals surface area contributed by atoms with E-state index < -0.39 is 11.9 Å². The summed E-state index contributed by atoms with van der Waals surface area (Å²) in [5.41, 5.74) is 2.41. The Hall–Kier alpha value is -3.15. The number of rotatable bonds is 5. The second-order valence-corrected chi connectivity index (χ2v) is 7.13. The average Bonchev–Trinajstić information content (AvgIpc) is 2.65. The first kappa shape index (κ1) is 20.2. The van der Waals surface area contributed by atoms with Gasteiger partial charge in [-0.15, -0.1) is 0 Å². The zero-order valence-corrected chi connectivity index (χ0v) is 16.0. The van der Waals surface area contributed by atoms with Crippen LogP contribution in [0.25, 0.3) is 0 Å². The highest BCUT2D eigenvalue weighted by Gasteiger charge is 2.15. The van der Waals surface area contributed by atoms with E-state index in [9.17, 15) is 14.4 Å². The van der Waals surface area contributed by atoms with Crippen LogP contribution < -0.4 is 10.6 Å². The summed E-state index contributed by atoms with van der Waals surface area (Å²) in [5, 5.41) is 5.22. The molecule has 0 aliphatic carbocycles. The Kier molecular flexibility index (Phi) is 6.34. The Morgan fingerprint density at radius 3 is 2.22 bits per heavy atom. The van der Waals surface area contributed by atoms with Gasteiger partial charge in [0.2, 0.25) is 5.91 Å². The molecule has 0 spiro atoms. The lowest BCUT2D eigenvalue weighted by Gasteiger charge is -2.19. The SMILES string of the molecule is COC(=O)c1cccc(NC(=O)CNC(=O)c2ccc(C(C)(C)C)cc2)c1. The van der Waals surface area contributed by atoms with Gasteiger partial charge in [0.25, 0.3) is 5.91 Å². The lowest BCUT2D eigenvalue weighted by Crippen LogP contribution is -2.32. The molecule has 0 heterocycles. The first-order chi connectivity index (χ1) is 12.7. The number of ether oxygens (including phenoxy) is 1. The first-order valence-electron chi connectivity index (χ1n) is 8.57. The van der Waals surface area contributed by atoms with Gasteiger partial charge in [0.05, 0.1) is 19.2 Å². The van der Waals surface area contributed by atoms with Crippen LogP contribution in [0.3, 0.4) is 0 Å². The molecule has 2 aromatic carbocycles. The van der Waals surface area contributed by atoms with Crippen molar-refractivity contribution >= 4 is 23.5 Å². The van der Waals surface area contributed by atoms with Gasteiger partial charge in [-0.3, -0.25) is 9.59 Å². The minimum Gasteiger partial charge on any atom is -0.465 e. The third-order valence-electron chi connectivity index (χ3n) is 3.99. The largest absolute Gasteiger partial charge is 0.465 e. The Morgan fingerprint density at radius 1 is 0.963 bits per heavy atom. The molecule has 2 rings (SSSR count). The van der Waals surface area contributed by atoms with Gasteiger partial charge < -0.3 is 15.4 Å². The molecular formula is C21H24N2O4. The molecule has 2 N–H and O–H groups in total.